The summed E-state index contributed by atoms with van der Waals surface area (Å²) in [6, 6.07) is 0.270. The Morgan fingerprint density at radius 1 is 1.15 bits per heavy atom. The Morgan fingerprint density at radius 2 is 2.00 bits per heavy atom. The molecule has 114 valence electrons. The van der Waals surface area contributed by atoms with E-state index in [0.29, 0.717) is 6.61 Å². The van der Waals surface area contributed by atoms with Crippen LogP contribution in [0.5, 0.6) is 0 Å². The van der Waals surface area contributed by atoms with E-state index in [1.54, 1.807) is 0 Å². The van der Waals surface area contributed by atoms with Crippen LogP contribution in [0.3, 0.4) is 0 Å². The minimum Gasteiger partial charge on any atom is -0.447 e. The van der Waals surface area contributed by atoms with Crippen molar-refractivity contribution in [2.45, 2.75) is 57.1 Å². The maximum Gasteiger partial charge on any atom is 0.407 e. The first-order valence-electron chi connectivity index (χ1n) is 7.91. The van der Waals surface area contributed by atoms with Crippen LogP contribution in [0.4, 0.5) is 4.79 Å². The molecule has 2 heterocycles. The highest BCUT2D eigenvalue weighted by atomic mass is 16.6. The molecule has 20 heavy (non-hydrogen) atoms. The van der Waals surface area contributed by atoms with Crippen molar-refractivity contribution < 1.29 is 19.0 Å². The SMILES string of the molecule is O=C(NC1CCC12CCOCC2)OCC1CCCCO1. The third-order valence-electron chi connectivity index (χ3n) is 5.13. The van der Waals surface area contributed by atoms with E-state index in [2.05, 4.69) is 5.32 Å². The van der Waals surface area contributed by atoms with Gasteiger partial charge in [0.1, 0.15) is 6.61 Å². The molecule has 2 atom stereocenters. The van der Waals surface area contributed by atoms with Gasteiger partial charge in [0.05, 0.1) is 6.10 Å². The number of hydrogen-bond donors (Lipinski definition) is 1. The average molecular weight is 283 g/mol. The Balaban J connectivity index is 1.40. The Kier molecular flexibility index (Phi) is 4.46. The fourth-order valence-corrected chi connectivity index (χ4v) is 3.59. The summed E-state index contributed by atoms with van der Waals surface area (Å²) in [5, 5.41) is 3.04. The van der Waals surface area contributed by atoms with Gasteiger partial charge >= 0.3 is 6.09 Å². The van der Waals surface area contributed by atoms with Gasteiger partial charge in [0.15, 0.2) is 0 Å². The van der Waals surface area contributed by atoms with Gasteiger partial charge in [-0.1, -0.05) is 0 Å². The molecular formula is C15H25NO4. The highest BCUT2D eigenvalue weighted by molar-refractivity contribution is 5.68. The van der Waals surface area contributed by atoms with Crippen LogP contribution in [0.1, 0.15) is 44.9 Å². The molecule has 1 saturated carbocycles. The normalized spacial score (nSPS) is 32.4. The van der Waals surface area contributed by atoms with Crippen LogP contribution >= 0.6 is 0 Å². The maximum atomic E-state index is 11.9. The Labute approximate surface area is 120 Å². The van der Waals surface area contributed by atoms with E-state index in [1.807, 2.05) is 0 Å². The maximum absolute atomic E-state index is 11.9. The molecule has 3 aliphatic rings. The third kappa shape index (κ3) is 3.09. The number of rotatable bonds is 3. The van der Waals surface area contributed by atoms with Gasteiger partial charge in [-0.05, 0) is 50.4 Å². The molecule has 2 saturated heterocycles. The van der Waals surface area contributed by atoms with E-state index in [4.69, 9.17) is 14.2 Å². The molecule has 2 unspecified atom stereocenters. The van der Waals surface area contributed by atoms with E-state index >= 15 is 0 Å². The molecular weight excluding hydrogens is 258 g/mol. The van der Waals surface area contributed by atoms with Crippen molar-refractivity contribution in [2.75, 3.05) is 26.4 Å². The van der Waals surface area contributed by atoms with Crippen LogP contribution in [-0.4, -0.2) is 44.7 Å². The minimum absolute atomic E-state index is 0.0907. The lowest BCUT2D eigenvalue weighted by molar-refractivity contribution is -0.0571. The topological polar surface area (TPSA) is 56.8 Å². The molecule has 1 aliphatic carbocycles. The smallest absolute Gasteiger partial charge is 0.407 e. The molecule has 5 nitrogen and oxygen atoms in total. The summed E-state index contributed by atoms with van der Waals surface area (Å²) in [5.41, 5.74) is 0.276. The number of carbonyl (C=O) groups excluding carboxylic acids is 1. The average Bonchev–Trinajstić information content (AvgIpc) is 2.51. The van der Waals surface area contributed by atoms with Gasteiger partial charge in [0, 0.05) is 25.9 Å². The summed E-state index contributed by atoms with van der Waals surface area (Å²) < 4.78 is 16.3. The van der Waals surface area contributed by atoms with Gasteiger partial charge in [0.25, 0.3) is 0 Å². The summed E-state index contributed by atoms with van der Waals surface area (Å²) in [6.45, 7) is 2.82. The minimum atomic E-state index is -0.283. The van der Waals surface area contributed by atoms with E-state index in [1.165, 1.54) is 12.8 Å². The monoisotopic (exact) mass is 283 g/mol. The van der Waals surface area contributed by atoms with E-state index in [-0.39, 0.29) is 23.7 Å². The number of carbonyl (C=O) groups is 1. The zero-order valence-corrected chi connectivity index (χ0v) is 12.1. The van der Waals surface area contributed by atoms with Crippen molar-refractivity contribution in [3.05, 3.63) is 0 Å². The van der Waals surface area contributed by atoms with Crippen molar-refractivity contribution in [1.29, 1.82) is 0 Å². The summed E-state index contributed by atoms with van der Waals surface area (Å²) in [4.78, 5) is 11.9. The zero-order valence-electron chi connectivity index (χ0n) is 12.1. The molecule has 2 aliphatic heterocycles. The quantitative estimate of drug-likeness (QED) is 0.863. The fraction of sp³-hybridized carbons (Fsp3) is 0.933. The second-order valence-corrected chi connectivity index (χ2v) is 6.30. The van der Waals surface area contributed by atoms with Gasteiger partial charge in [-0.2, -0.15) is 0 Å². The predicted molar refractivity (Wildman–Crippen MR) is 73.6 cm³/mol. The molecule has 5 heteroatoms. The predicted octanol–water partition coefficient (Wildman–Crippen LogP) is 2.24. The van der Waals surface area contributed by atoms with E-state index < -0.39 is 0 Å². The van der Waals surface area contributed by atoms with Crippen LogP contribution < -0.4 is 5.32 Å². The molecule has 3 fully saturated rings. The van der Waals surface area contributed by atoms with Crippen molar-refractivity contribution in [3.8, 4) is 0 Å². The van der Waals surface area contributed by atoms with Gasteiger partial charge < -0.3 is 19.5 Å². The molecule has 1 N–H and O–H groups in total. The number of ether oxygens (including phenoxy) is 3. The van der Waals surface area contributed by atoms with Crippen molar-refractivity contribution in [1.82, 2.24) is 5.32 Å². The van der Waals surface area contributed by atoms with Crippen molar-refractivity contribution in [3.63, 3.8) is 0 Å². The van der Waals surface area contributed by atoms with Crippen LogP contribution in [0.2, 0.25) is 0 Å². The van der Waals surface area contributed by atoms with Crippen LogP contribution in [0.15, 0.2) is 0 Å². The Morgan fingerprint density at radius 3 is 2.65 bits per heavy atom. The van der Waals surface area contributed by atoms with Gasteiger partial charge in [-0.3, -0.25) is 0 Å². The standard InChI is InChI=1S/C15H25NO4/c17-14(20-11-12-3-1-2-8-19-12)16-13-4-5-15(13)6-9-18-10-7-15/h12-13H,1-11H2,(H,16,17). The first-order valence-corrected chi connectivity index (χ1v) is 7.91. The molecule has 0 radical (unpaired) electrons. The lowest BCUT2D eigenvalue weighted by Crippen LogP contribution is -2.57. The lowest BCUT2D eigenvalue weighted by atomic mass is 9.60. The Hall–Kier alpha value is -0.810. The van der Waals surface area contributed by atoms with E-state index in [9.17, 15) is 4.79 Å². The largest absolute Gasteiger partial charge is 0.447 e. The molecule has 0 aromatic heterocycles. The van der Waals surface area contributed by atoms with Gasteiger partial charge in [-0.25, -0.2) is 4.79 Å². The lowest BCUT2D eigenvalue weighted by Gasteiger charge is -2.51. The summed E-state index contributed by atoms with van der Waals surface area (Å²) >= 11 is 0. The number of hydrogen-bond acceptors (Lipinski definition) is 4. The molecule has 0 aromatic carbocycles. The molecule has 0 aromatic rings. The molecule has 1 amide bonds. The van der Waals surface area contributed by atoms with E-state index in [0.717, 1.165) is 51.9 Å². The first kappa shape index (κ1) is 14.1. The van der Waals surface area contributed by atoms with Crippen LogP contribution in [0, 0.1) is 5.41 Å². The van der Waals surface area contributed by atoms with Crippen LogP contribution in [0.25, 0.3) is 0 Å². The summed E-state index contributed by atoms with van der Waals surface area (Å²) in [5.74, 6) is 0. The molecule has 3 rings (SSSR count). The van der Waals surface area contributed by atoms with Crippen LogP contribution in [-0.2, 0) is 14.2 Å². The number of amides is 1. The van der Waals surface area contributed by atoms with Crippen molar-refractivity contribution in [2.24, 2.45) is 5.41 Å². The summed E-state index contributed by atoms with van der Waals surface area (Å²) in [7, 11) is 0. The first-order chi connectivity index (χ1) is 9.78. The second-order valence-electron chi connectivity index (χ2n) is 6.30. The van der Waals surface area contributed by atoms with Gasteiger partial charge in [-0.15, -0.1) is 0 Å². The second kappa shape index (κ2) is 6.31. The molecule has 0 bridgehead atoms. The van der Waals surface area contributed by atoms with Gasteiger partial charge in [0.2, 0.25) is 0 Å². The number of alkyl carbamates (subject to hydrolysis) is 1. The highest BCUT2D eigenvalue weighted by Crippen LogP contribution is 2.48. The Bertz CT molecular complexity index is 335. The fourth-order valence-electron chi connectivity index (χ4n) is 3.59. The third-order valence-corrected chi connectivity index (χ3v) is 5.13. The zero-order chi connectivity index (χ0) is 13.8. The molecule has 1 spiro atoms. The highest BCUT2D eigenvalue weighted by Gasteiger charge is 2.48. The van der Waals surface area contributed by atoms with Crippen molar-refractivity contribution >= 4 is 6.09 Å². The number of nitrogens with one attached hydrogen (secondary N) is 1. The summed E-state index contributed by atoms with van der Waals surface area (Å²) in [6.07, 6.45) is 7.48.